The van der Waals surface area contributed by atoms with E-state index in [0.717, 1.165) is 61.5 Å². The second-order valence-electron chi connectivity index (χ2n) is 11.9. The molecular weight excluding hydrogens is 479 g/mol. The second-order valence-corrected chi connectivity index (χ2v) is 11.9. The van der Waals surface area contributed by atoms with Crippen LogP contribution in [0.3, 0.4) is 0 Å². The van der Waals surface area contributed by atoms with Crippen LogP contribution in [0, 0.1) is 17.2 Å². The van der Waals surface area contributed by atoms with Gasteiger partial charge in [0.2, 0.25) is 0 Å². The van der Waals surface area contributed by atoms with Gasteiger partial charge in [-0.2, -0.15) is 0 Å². The Labute approximate surface area is 237 Å². The Kier molecular flexibility index (Phi) is 9.91. The van der Waals surface area contributed by atoms with E-state index in [1.165, 1.54) is 47.9 Å². The van der Waals surface area contributed by atoms with Crippen LogP contribution >= 0.6 is 0 Å². The zero-order chi connectivity index (χ0) is 28.0. The number of halogens is 1. The number of aryl methyl sites for hydroxylation is 2. The first kappa shape index (κ1) is 29.4. The molecule has 0 N–H and O–H groups in total. The van der Waals surface area contributed by atoms with Gasteiger partial charge in [-0.1, -0.05) is 90.8 Å². The lowest BCUT2D eigenvalue weighted by Crippen LogP contribution is -2.26. The molecule has 210 valence electrons. The highest BCUT2D eigenvalue weighted by molar-refractivity contribution is 5.74. The van der Waals surface area contributed by atoms with Gasteiger partial charge >= 0.3 is 0 Å². The summed E-state index contributed by atoms with van der Waals surface area (Å²) in [7, 11) is 0. The highest BCUT2D eigenvalue weighted by atomic mass is 19.1. The first-order valence-electron chi connectivity index (χ1n) is 15.6. The van der Waals surface area contributed by atoms with Crippen molar-refractivity contribution in [3.8, 4) is 28.0 Å². The molecule has 2 heteroatoms. The summed E-state index contributed by atoms with van der Waals surface area (Å²) in [6, 6.07) is 18.9. The van der Waals surface area contributed by atoms with Gasteiger partial charge in [-0.05, 0) is 108 Å². The molecule has 0 saturated heterocycles. The highest BCUT2D eigenvalue weighted by Gasteiger charge is 2.26. The minimum atomic E-state index is -0.106. The lowest BCUT2D eigenvalue weighted by molar-refractivity contribution is 0.127. The van der Waals surface area contributed by atoms with E-state index in [9.17, 15) is 0 Å². The van der Waals surface area contributed by atoms with Crippen LogP contribution in [0.25, 0.3) is 22.3 Å². The van der Waals surface area contributed by atoms with Gasteiger partial charge in [0.1, 0.15) is 11.6 Å². The number of hydrogen-bond donors (Lipinski definition) is 0. The van der Waals surface area contributed by atoms with Crippen LogP contribution in [0.4, 0.5) is 4.39 Å². The van der Waals surface area contributed by atoms with Crippen LogP contribution in [-0.4, -0.2) is 6.61 Å². The Morgan fingerprint density at radius 3 is 1.85 bits per heavy atom. The summed E-state index contributed by atoms with van der Waals surface area (Å²) in [4.78, 5) is 0. The summed E-state index contributed by atoms with van der Waals surface area (Å²) >= 11 is 0. The molecule has 0 aromatic heterocycles. The molecule has 4 rings (SSSR count). The van der Waals surface area contributed by atoms with Crippen molar-refractivity contribution in [1.29, 1.82) is 0 Å². The number of hydrogen-bond acceptors (Lipinski definition) is 1. The maximum absolute atomic E-state index is 15.3. The van der Waals surface area contributed by atoms with Gasteiger partial charge in [-0.3, -0.25) is 0 Å². The number of benzene rings is 3. The molecule has 1 nitrogen and oxygen atoms in total. The molecule has 0 radical (unpaired) electrons. The topological polar surface area (TPSA) is 9.23 Å². The van der Waals surface area contributed by atoms with E-state index in [2.05, 4.69) is 84.0 Å². The molecule has 0 amide bonds. The molecule has 1 saturated carbocycles. The molecule has 3 aromatic rings. The average molecular weight is 529 g/mol. The van der Waals surface area contributed by atoms with Crippen LogP contribution in [0.2, 0.25) is 0 Å². The van der Waals surface area contributed by atoms with E-state index >= 15 is 4.39 Å². The third kappa shape index (κ3) is 6.59. The van der Waals surface area contributed by atoms with Gasteiger partial charge in [-0.15, -0.1) is 0 Å². The molecular formula is C37H49FO. The van der Waals surface area contributed by atoms with Crippen LogP contribution < -0.4 is 4.74 Å². The Morgan fingerprint density at radius 2 is 1.31 bits per heavy atom. The Morgan fingerprint density at radius 1 is 0.718 bits per heavy atom. The summed E-state index contributed by atoms with van der Waals surface area (Å²) < 4.78 is 21.8. The lowest BCUT2D eigenvalue weighted by Gasteiger charge is -2.31. The summed E-state index contributed by atoms with van der Waals surface area (Å²) in [6.45, 7) is 14.3. The van der Waals surface area contributed by atoms with Crippen molar-refractivity contribution in [2.45, 2.75) is 105 Å². The van der Waals surface area contributed by atoms with Gasteiger partial charge in [0.05, 0.1) is 6.61 Å². The van der Waals surface area contributed by atoms with Crippen LogP contribution in [0.15, 0.2) is 54.6 Å². The fourth-order valence-electron chi connectivity index (χ4n) is 6.37. The Bertz CT molecular complexity index is 1200. The first-order valence-corrected chi connectivity index (χ1v) is 15.6. The Hall–Kier alpha value is -2.61. The molecule has 0 bridgehead atoms. The van der Waals surface area contributed by atoms with E-state index in [-0.39, 0.29) is 11.2 Å². The summed E-state index contributed by atoms with van der Waals surface area (Å²) in [5, 5.41) is 0. The molecule has 3 aromatic carbocycles. The molecule has 0 atom stereocenters. The molecule has 1 aliphatic carbocycles. The van der Waals surface area contributed by atoms with Crippen LogP contribution in [-0.2, 0) is 12.8 Å². The maximum atomic E-state index is 15.3. The molecule has 1 fully saturated rings. The van der Waals surface area contributed by atoms with Crippen molar-refractivity contribution in [1.82, 2.24) is 0 Å². The second kappa shape index (κ2) is 13.2. The van der Waals surface area contributed by atoms with E-state index in [1.807, 2.05) is 6.07 Å². The molecule has 0 heterocycles. The first-order chi connectivity index (χ1) is 18.9. The summed E-state index contributed by atoms with van der Waals surface area (Å²) in [5.74, 6) is 2.23. The quantitative estimate of drug-likeness (QED) is 0.240. The number of ether oxygens (including phenoxy) is 1. The highest BCUT2D eigenvalue weighted by Crippen LogP contribution is 2.38. The lowest BCUT2D eigenvalue weighted by atomic mass is 9.79. The van der Waals surface area contributed by atoms with Crippen molar-refractivity contribution in [2.75, 3.05) is 6.61 Å². The zero-order valence-electron chi connectivity index (χ0n) is 25.2. The van der Waals surface area contributed by atoms with Crippen molar-refractivity contribution in [3.05, 3.63) is 77.1 Å². The van der Waals surface area contributed by atoms with Crippen molar-refractivity contribution in [2.24, 2.45) is 11.3 Å². The third-order valence-electron chi connectivity index (χ3n) is 9.82. The van der Waals surface area contributed by atoms with Crippen LogP contribution in [0.1, 0.15) is 109 Å². The van der Waals surface area contributed by atoms with Gasteiger partial charge < -0.3 is 4.74 Å². The maximum Gasteiger partial charge on any atom is 0.131 e. The predicted octanol–water partition coefficient (Wildman–Crippen LogP) is 11.2. The smallest absolute Gasteiger partial charge is 0.131 e. The van der Waals surface area contributed by atoms with E-state index in [4.69, 9.17) is 4.74 Å². The van der Waals surface area contributed by atoms with Crippen molar-refractivity contribution in [3.63, 3.8) is 0 Å². The zero-order valence-corrected chi connectivity index (χ0v) is 25.2. The minimum Gasteiger partial charge on any atom is -0.493 e. The monoisotopic (exact) mass is 528 g/mol. The van der Waals surface area contributed by atoms with E-state index in [1.54, 1.807) is 6.07 Å². The Balaban J connectivity index is 1.56. The standard InChI is InChI=1S/C37H49FO/c1-7-27-24-36(39-25-37(9-3,10-4)11-5)28(8-2)22-34(27)31-18-16-30(17-19-31)33-21-20-32(23-35(33)38)29-14-12-26(6)13-15-29/h16-24,26,29H,7-15,25H2,1-6H3. The SMILES string of the molecule is CCc1cc(-c2ccc(-c3ccc(C4CCC(C)CC4)cc3F)cc2)c(CC)cc1OCC(CC)(CC)CC. The molecule has 0 aliphatic heterocycles. The van der Waals surface area contributed by atoms with Crippen molar-refractivity contribution < 1.29 is 9.13 Å². The van der Waals surface area contributed by atoms with Gasteiger partial charge in [-0.25, -0.2) is 4.39 Å². The van der Waals surface area contributed by atoms with E-state index < -0.39 is 0 Å². The molecule has 0 spiro atoms. The van der Waals surface area contributed by atoms with Crippen LogP contribution in [0.5, 0.6) is 5.75 Å². The van der Waals surface area contributed by atoms with Gasteiger partial charge in [0, 0.05) is 11.0 Å². The van der Waals surface area contributed by atoms with Gasteiger partial charge in [0.25, 0.3) is 0 Å². The summed E-state index contributed by atoms with van der Waals surface area (Å²) in [6.07, 6.45) is 10.1. The number of rotatable bonds is 11. The molecule has 1 aliphatic rings. The van der Waals surface area contributed by atoms with E-state index in [0.29, 0.717) is 11.5 Å². The summed E-state index contributed by atoms with van der Waals surface area (Å²) in [5.41, 5.74) is 8.01. The van der Waals surface area contributed by atoms with Gasteiger partial charge in [0.15, 0.2) is 0 Å². The third-order valence-corrected chi connectivity index (χ3v) is 9.82. The largest absolute Gasteiger partial charge is 0.493 e. The normalized spacial score (nSPS) is 17.8. The minimum absolute atomic E-state index is 0.106. The molecule has 39 heavy (non-hydrogen) atoms. The average Bonchev–Trinajstić information content (AvgIpc) is 2.98. The fraction of sp³-hybridized carbons (Fsp3) is 0.514. The molecule has 0 unspecified atom stereocenters. The fourth-order valence-corrected chi connectivity index (χ4v) is 6.37. The van der Waals surface area contributed by atoms with Crippen molar-refractivity contribution >= 4 is 0 Å². The predicted molar refractivity (Wildman–Crippen MR) is 165 cm³/mol.